The lowest BCUT2D eigenvalue weighted by molar-refractivity contribution is -0.277. The number of nitrogens with zero attached hydrogens (tertiary/aromatic N) is 7. The summed E-state index contributed by atoms with van der Waals surface area (Å²) in [6.07, 6.45) is -2.81. The number of hydrogen-bond donors (Lipinski definition) is 5. The molecule has 3 amide bonds. The normalized spacial score (nSPS) is 18.6. The monoisotopic (exact) mass is 1640 g/mol. The number of aryl methyl sites for hydroxylation is 1. The Balaban J connectivity index is 0.626. The minimum Gasteiger partial charge on any atom is -0.493 e. The van der Waals surface area contributed by atoms with Crippen LogP contribution in [0.25, 0.3) is 0 Å². The molecule has 14 rings (SSSR count). The van der Waals surface area contributed by atoms with E-state index in [1.165, 1.54) is 73.5 Å². The predicted molar refractivity (Wildman–Crippen MR) is 421 cm³/mol. The van der Waals surface area contributed by atoms with Crippen LogP contribution in [-0.4, -0.2) is 200 Å². The Kier molecular flexibility index (Phi) is 25.3. The van der Waals surface area contributed by atoms with Crippen molar-refractivity contribution in [1.82, 2.24) is 30.1 Å². The maximum absolute atomic E-state index is 14.6. The van der Waals surface area contributed by atoms with Gasteiger partial charge in [0.15, 0.2) is 55.9 Å². The lowest BCUT2D eigenvalue weighted by atomic mass is 9.94. The molecule has 0 radical (unpaired) electrons. The number of ether oxygens (including phenoxy) is 8. The number of aliphatic hydroxyl groups excluding tert-OH is 4. The number of carbonyl (C=O) groups is 5. The van der Waals surface area contributed by atoms with Gasteiger partial charge in [-0.25, -0.2) is 13.1 Å². The first-order valence-electron chi connectivity index (χ1n) is 37.7. The Morgan fingerprint density at radius 1 is 0.581 bits per heavy atom. The molecule has 7 atom stereocenters. The van der Waals surface area contributed by atoms with Gasteiger partial charge >= 0.3 is 10.4 Å². The third-order valence-electron chi connectivity index (χ3n) is 20.4. The average Bonchev–Trinajstić information content (AvgIpc) is 1.69. The number of methoxy groups -OCH3 is 2. The van der Waals surface area contributed by atoms with Gasteiger partial charge in [0.25, 0.3) is 17.7 Å². The number of fused-ring (bicyclic) bond motifs is 6. The smallest absolute Gasteiger partial charge is 0.493 e. The zero-order valence-electron chi connectivity index (χ0n) is 63.8. The van der Waals surface area contributed by atoms with Crippen molar-refractivity contribution in [2.75, 3.05) is 52.9 Å². The molecule has 0 spiro atoms. The van der Waals surface area contributed by atoms with Crippen molar-refractivity contribution >= 4 is 73.3 Å². The quantitative estimate of drug-likeness (QED) is 0.0189. The lowest BCUT2D eigenvalue weighted by Crippen LogP contribution is -2.60. The van der Waals surface area contributed by atoms with Gasteiger partial charge in [-0.1, -0.05) is 83.6 Å². The molecule has 1 aromatic heterocycles. The molecule has 8 aromatic carbocycles. The second-order valence-electron chi connectivity index (χ2n) is 28.5. The first-order chi connectivity index (χ1) is 56.5. The zero-order chi connectivity index (χ0) is 82.1. The summed E-state index contributed by atoms with van der Waals surface area (Å²) < 4.78 is 115. The Morgan fingerprint density at radius 3 is 1.76 bits per heavy atom. The van der Waals surface area contributed by atoms with E-state index in [0.717, 1.165) is 39.9 Å². The van der Waals surface area contributed by atoms with Crippen molar-refractivity contribution in [2.45, 2.75) is 126 Å². The molecule has 31 nitrogen and oxygen atoms in total. The van der Waals surface area contributed by atoms with Crippen LogP contribution in [-0.2, 0) is 86.7 Å². The van der Waals surface area contributed by atoms with Crippen LogP contribution in [0.4, 0.5) is 11.4 Å². The summed E-state index contributed by atoms with van der Waals surface area (Å²) in [5.74, 6) is -2.86. The average molecular weight is 1640 g/mol. The molecule has 0 saturated carbocycles. The molecule has 5 aliphatic heterocycles. The van der Waals surface area contributed by atoms with E-state index in [1.54, 1.807) is 70.9 Å². The first kappa shape index (κ1) is 81.8. The van der Waals surface area contributed by atoms with Crippen molar-refractivity contribution in [1.29, 1.82) is 0 Å². The minimum absolute atomic E-state index is 0.0714. The first-order valence-corrected chi connectivity index (χ1v) is 40.7. The summed E-state index contributed by atoms with van der Waals surface area (Å²) in [6.45, 7) is 2.09. The number of amides is 3. The summed E-state index contributed by atoms with van der Waals surface area (Å²) in [4.78, 5) is 81.5. The zero-order valence-corrected chi connectivity index (χ0v) is 65.4. The largest absolute Gasteiger partial charge is 0.501 e. The van der Waals surface area contributed by atoms with Gasteiger partial charge in [-0.3, -0.25) is 34.0 Å². The number of ketones is 2. The highest BCUT2D eigenvalue weighted by Crippen LogP contribution is 2.42. The molecular formula is C84H84N8O23S2. The number of aliphatic hydroxyl groups is 4. The van der Waals surface area contributed by atoms with Crippen LogP contribution in [0.5, 0.6) is 40.2 Å². The summed E-state index contributed by atoms with van der Waals surface area (Å²) in [5.41, 5.74) is 8.01. The van der Waals surface area contributed by atoms with Gasteiger partial charge in [-0.2, -0.15) is 0 Å². The molecule has 1 fully saturated rings. The molecule has 5 N–H and O–H groups in total. The van der Waals surface area contributed by atoms with Gasteiger partial charge in [-0.15, -0.1) is 13.5 Å². The fourth-order valence-electron chi connectivity index (χ4n) is 14.1. The van der Waals surface area contributed by atoms with Crippen LogP contribution in [0.3, 0.4) is 0 Å². The highest BCUT2D eigenvalue weighted by Gasteiger charge is 2.46. The maximum Gasteiger partial charge on any atom is 0.501 e. The van der Waals surface area contributed by atoms with Crippen molar-refractivity contribution in [3.8, 4) is 40.2 Å². The molecule has 6 heterocycles. The molecular weight excluding hydrogens is 1550 g/mol. The van der Waals surface area contributed by atoms with Gasteiger partial charge in [0.2, 0.25) is 6.29 Å². The van der Waals surface area contributed by atoms with Gasteiger partial charge < -0.3 is 81.8 Å². The number of sulfone groups is 1. The van der Waals surface area contributed by atoms with E-state index in [-0.39, 0.29) is 163 Å². The van der Waals surface area contributed by atoms with E-state index >= 15 is 0 Å². The Morgan fingerprint density at radius 2 is 1.16 bits per heavy atom. The topological polar surface area (TPSA) is 401 Å². The van der Waals surface area contributed by atoms with Crippen LogP contribution in [0.1, 0.15) is 116 Å². The highest BCUT2D eigenvalue weighted by molar-refractivity contribution is 7.91. The molecule has 117 heavy (non-hydrogen) atoms. The summed E-state index contributed by atoms with van der Waals surface area (Å²) in [7, 11) is -6.14. The van der Waals surface area contributed by atoms with Gasteiger partial charge in [0.1, 0.15) is 49.1 Å². The van der Waals surface area contributed by atoms with Gasteiger partial charge in [-0.05, 0) is 132 Å². The maximum atomic E-state index is 14.6. The highest BCUT2D eigenvalue weighted by atomic mass is 32.3. The van der Waals surface area contributed by atoms with Crippen LogP contribution in [0, 0.1) is 6.92 Å². The fraction of sp³-hybridized carbons (Fsp3) is 0.321. The van der Waals surface area contributed by atoms with E-state index in [1.807, 2.05) is 55.5 Å². The van der Waals surface area contributed by atoms with E-state index in [9.17, 15) is 61.2 Å². The predicted octanol–water partition coefficient (Wildman–Crippen LogP) is 7.88. The standard InChI is InChI=1S/C84H84N8O23S2/c1-50-14-21-64(22-15-50)116(102,103)30-24-70(95)53-16-18-54(19-17-53)81(99)85-25-28-109-49-60-45-90(89-88-60)26-29-108-27-8-13-69(94)57-20-23-71(112-84-80(98)79(97)78(96)77(46-93)113-84)76(36-57)115-117(104,105)114-63-32-51(47-110-74-39-67-65(37-72(74)106-2)82(100)91-43-58-11-6-4-9-55(58)34-61(91)41-86-67)31-52(33-63)48-111-75-40-68-66(38-73(75)107-3)83(101)92-44-59-12-7-5-10-56(59)35-62(92)42-87-68/h4-7,9-12,14-23,31-33,36-42,45,61-62,77-80,84,93,96-98H,8,13,24-30,34-35,43-44,46-49H2,1-3H3,(H,85,99). The van der Waals surface area contributed by atoms with Crippen LogP contribution in [0.2, 0.25) is 0 Å². The number of rotatable bonds is 34. The van der Waals surface area contributed by atoms with Crippen LogP contribution >= 0.6 is 0 Å². The molecule has 0 aliphatic carbocycles. The number of benzene rings is 8. The summed E-state index contributed by atoms with van der Waals surface area (Å²) >= 11 is 0. The van der Waals surface area contributed by atoms with Crippen molar-refractivity contribution in [2.24, 2.45) is 9.98 Å². The van der Waals surface area contributed by atoms with E-state index < -0.39 is 80.7 Å². The third-order valence-corrected chi connectivity index (χ3v) is 22.9. The summed E-state index contributed by atoms with van der Waals surface area (Å²) in [5, 5.41) is 53.3. The molecule has 1 saturated heterocycles. The Hall–Kier alpha value is -11.8. The second kappa shape index (κ2) is 36.2. The van der Waals surface area contributed by atoms with Crippen molar-refractivity contribution in [3.05, 3.63) is 236 Å². The third kappa shape index (κ3) is 19.3. The SMILES string of the molecule is COc1cc2c(cc1OCc1cc(COc3cc4c(cc3OC)C(=O)N3Cc5ccccc5CC3C=N4)cc(OS(=O)(=O)Oc3cc(C(=O)CCCOCCn4cc(COCCNC(=O)c5ccc(C(=O)CCS(=O)(=O)c6ccc(C)cc6)cc5)nn4)ccc3OC3OC(CO)C(O)C(O)C3O)c1)N=CC1Cc3ccccc3CN1C2=O. The van der Waals surface area contributed by atoms with Crippen molar-refractivity contribution < 1.29 is 107 Å². The number of aromatic nitrogens is 3. The Bertz CT molecular complexity index is 5350. The van der Waals surface area contributed by atoms with Gasteiger partial charge in [0, 0.05) is 80.3 Å². The lowest BCUT2D eigenvalue weighted by Gasteiger charge is -2.39. The molecule has 610 valence electrons. The minimum atomic E-state index is -5.32. The van der Waals surface area contributed by atoms with E-state index in [0.29, 0.717) is 59.7 Å². The second-order valence-corrected chi connectivity index (χ2v) is 31.7. The van der Waals surface area contributed by atoms with E-state index in [4.69, 9.17) is 56.2 Å². The van der Waals surface area contributed by atoms with Crippen molar-refractivity contribution in [3.63, 3.8) is 0 Å². The van der Waals surface area contributed by atoms with E-state index in [2.05, 4.69) is 15.6 Å². The van der Waals surface area contributed by atoms with Crippen LogP contribution < -0.4 is 37.4 Å². The number of nitrogens with one attached hydrogen (secondary N) is 1. The molecule has 9 aromatic rings. The molecule has 7 unspecified atom stereocenters. The summed E-state index contributed by atoms with van der Waals surface area (Å²) in [6, 6.07) is 41.7. The van der Waals surface area contributed by atoms with Gasteiger partial charge in [0.05, 0.1) is 98.6 Å². The Labute approximate surface area is 673 Å². The number of hydrogen-bond acceptors (Lipinski definition) is 27. The number of carbonyl (C=O) groups excluding carboxylic acids is 5. The van der Waals surface area contributed by atoms with Crippen LogP contribution in [0.15, 0.2) is 179 Å². The number of Topliss-reactive ketones (excluding diaryl/α,β-unsaturated/α-hetero) is 2. The number of aliphatic imine (C=N–C) groups is 2. The molecule has 5 aliphatic rings. The molecule has 33 heteroatoms. The molecule has 0 bridgehead atoms. The fourth-order valence-corrected chi connectivity index (χ4v) is 16.1.